The summed E-state index contributed by atoms with van der Waals surface area (Å²) in [5.41, 5.74) is 0. The van der Waals surface area contributed by atoms with Crippen LogP contribution >= 0.6 is 0 Å². The Labute approximate surface area is 66.5 Å². The van der Waals surface area contributed by atoms with Gasteiger partial charge in [0, 0.05) is 0 Å². The first-order chi connectivity index (χ1) is 1.00. The van der Waals surface area contributed by atoms with Crippen LogP contribution in [-0.2, 0) is 24.3 Å². The van der Waals surface area contributed by atoms with Gasteiger partial charge >= 0.3 is 62.0 Å². The molecule has 0 radical (unpaired) electrons. The second-order valence-electron chi connectivity index (χ2n) is 0. The van der Waals surface area contributed by atoms with Crippen molar-refractivity contribution in [1.82, 2.24) is 0 Å². The molecule has 0 amide bonds. The third-order valence-corrected chi connectivity index (χ3v) is 0. The summed E-state index contributed by atoms with van der Waals surface area (Å²) in [7, 11) is 0. The summed E-state index contributed by atoms with van der Waals surface area (Å²) in [6.45, 7) is 0. The van der Waals surface area contributed by atoms with Crippen molar-refractivity contribution in [3.63, 3.8) is 0 Å². The maximum atomic E-state index is 8.06. The van der Waals surface area contributed by atoms with E-state index in [-0.39, 0.29) is 43.2 Å². The van der Waals surface area contributed by atoms with Gasteiger partial charge in [-0.2, -0.15) is 0 Å². The molecule has 0 aromatic carbocycles. The van der Waals surface area contributed by atoms with Crippen molar-refractivity contribution in [3.8, 4) is 0 Å². The molecule has 0 rings (SSSR count). The Hall–Kier alpha value is 1.76. The fourth-order valence-electron chi connectivity index (χ4n) is 0. The molecule has 0 fully saturated rings. The molecule has 0 aromatic heterocycles. The third-order valence-electron chi connectivity index (χ3n) is 0. The second kappa shape index (κ2) is 21.7. The Bertz CT molecular complexity index is 6.00. The van der Waals surface area contributed by atoms with E-state index < -0.39 is 0 Å². The number of rotatable bonds is 0. The number of hydrogen-bond donors (Lipinski definition) is 0. The van der Waals surface area contributed by atoms with E-state index in [2.05, 4.69) is 0 Å². The van der Waals surface area contributed by atoms with Gasteiger partial charge in [-0.3, -0.25) is 0 Å². The van der Waals surface area contributed by atoms with Crippen LogP contribution < -0.4 is 0 Å². The minimum absolute atomic E-state index is 0. The zero-order chi connectivity index (χ0) is 2.00. The normalized spacial score (nSPS) is 1.50. The molecule has 4 heteroatoms. The van der Waals surface area contributed by atoms with Crippen molar-refractivity contribution < 1.29 is 29.8 Å². The Balaban J connectivity index is -0.00000000500. The van der Waals surface area contributed by atoms with E-state index in [1.807, 2.05) is 0 Å². The molecule has 0 spiro atoms. The second-order valence-corrected chi connectivity index (χ2v) is 0. The van der Waals surface area contributed by atoms with Crippen LogP contribution in [0.1, 0.15) is 0 Å². The zero-order valence-electron chi connectivity index (χ0n) is 1.21. The van der Waals surface area contributed by atoms with E-state index >= 15 is 0 Å². The van der Waals surface area contributed by atoms with E-state index in [4.69, 9.17) is 3.25 Å². The molecule has 4 heavy (non-hydrogen) atoms. The quantitative estimate of drug-likeness (QED) is 0.407. The molecule has 0 saturated carbocycles. The molecule has 0 bridgehead atoms. The molecule has 0 aromatic rings. The predicted octanol–water partition coefficient (Wildman–Crippen LogP) is -1.86. The summed E-state index contributed by atoms with van der Waals surface area (Å²) in [6.07, 6.45) is 0. The van der Waals surface area contributed by atoms with Gasteiger partial charge in [0.15, 0.2) is 0 Å². The van der Waals surface area contributed by atoms with E-state index in [0.29, 0.717) is 0 Å². The Morgan fingerprint density at radius 2 is 1.25 bits per heavy atom. The van der Waals surface area contributed by atoms with Crippen LogP contribution in [0.15, 0.2) is 0 Å². The first kappa shape index (κ1) is 17.1. The van der Waals surface area contributed by atoms with Crippen molar-refractivity contribution in [2.45, 2.75) is 0 Å². The summed E-state index contributed by atoms with van der Waals surface area (Å²) in [5, 5.41) is 0. The van der Waals surface area contributed by atoms with Crippen LogP contribution in [0.3, 0.4) is 0 Å². The van der Waals surface area contributed by atoms with Gasteiger partial charge < -0.3 is 5.48 Å². The molecule has 29 valence electrons. The van der Waals surface area contributed by atoms with Crippen molar-refractivity contribution >= 4 is 37.7 Å². The zero-order valence-corrected chi connectivity index (χ0v) is 2.69. The van der Waals surface area contributed by atoms with Crippen LogP contribution in [0.5, 0.6) is 0 Å². The molecule has 0 heterocycles. The van der Waals surface area contributed by atoms with Gasteiger partial charge in [-0.05, 0) is 0 Å². The Morgan fingerprint density at radius 1 is 1.25 bits per heavy atom. The van der Waals surface area contributed by atoms with E-state index in [1.165, 1.54) is 0 Å². The van der Waals surface area contributed by atoms with Crippen molar-refractivity contribution in [2.24, 2.45) is 0 Å². The summed E-state index contributed by atoms with van der Waals surface area (Å²) in [6, 6.07) is 0. The first-order valence-corrected chi connectivity index (χ1v) is 0.728. The monoisotopic (exact) mass is 183 g/mol. The minimum atomic E-state index is 0. The van der Waals surface area contributed by atoms with Gasteiger partial charge in [0.25, 0.3) is 0 Å². The summed E-state index contributed by atoms with van der Waals surface area (Å²) >= 11 is 1.70. The molecular formula is H4AgCaO2. The van der Waals surface area contributed by atoms with Crippen LogP contribution in [-0.4, -0.2) is 43.2 Å². The van der Waals surface area contributed by atoms with E-state index in [9.17, 15) is 0 Å². The topological polar surface area (TPSA) is 48.6 Å². The molecule has 2 N–H and O–H groups in total. The van der Waals surface area contributed by atoms with Crippen LogP contribution in [0, 0.1) is 0 Å². The van der Waals surface area contributed by atoms with Gasteiger partial charge in [0.05, 0.1) is 0 Å². The van der Waals surface area contributed by atoms with Crippen LogP contribution in [0.25, 0.3) is 0 Å². The first-order valence-electron chi connectivity index (χ1n) is 0.123. The van der Waals surface area contributed by atoms with Crippen LogP contribution in [0.2, 0.25) is 0 Å². The van der Waals surface area contributed by atoms with E-state index in [0.717, 1.165) is 0 Å². The Kier molecular flexibility index (Phi) is 93.0. The molecular weight excluding hydrogens is 180 g/mol. The molecule has 0 aliphatic carbocycles. The molecule has 2 nitrogen and oxygen atoms in total. The van der Waals surface area contributed by atoms with Crippen LogP contribution in [0.4, 0.5) is 0 Å². The van der Waals surface area contributed by atoms with E-state index in [1.54, 1.807) is 21.0 Å². The molecule has 0 unspecified atom stereocenters. The molecule has 0 aliphatic heterocycles. The van der Waals surface area contributed by atoms with Crippen molar-refractivity contribution in [1.29, 1.82) is 0 Å². The van der Waals surface area contributed by atoms with Gasteiger partial charge in [0.1, 0.15) is 0 Å². The summed E-state index contributed by atoms with van der Waals surface area (Å²) in [4.78, 5) is 0. The maximum absolute atomic E-state index is 8.06. The van der Waals surface area contributed by atoms with Gasteiger partial charge in [0.2, 0.25) is 0 Å². The standard InChI is InChI=1S/Ag.Ca.H2O.O.2H/h;;1H2;;;. The van der Waals surface area contributed by atoms with Crippen molar-refractivity contribution in [2.75, 3.05) is 0 Å². The SMILES string of the molecule is O.[CaH2].[O]=[Ag]. The fraction of sp³-hybridized carbons (Fsp3) is 0. The van der Waals surface area contributed by atoms with Crippen molar-refractivity contribution in [3.05, 3.63) is 0 Å². The predicted molar refractivity (Wildman–Crippen MR) is 12.8 cm³/mol. The van der Waals surface area contributed by atoms with Gasteiger partial charge in [-0.15, -0.1) is 0 Å². The molecule has 0 aliphatic rings. The fourth-order valence-corrected chi connectivity index (χ4v) is 0. The summed E-state index contributed by atoms with van der Waals surface area (Å²) in [5.74, 6) is 0. The average molecular weight is 184 g/mol. The molecule has 0 atom stereocenters. The number of hydrogen-bond acceptors (Lipinski definition) is 1. The van der Waals surface area contributed by atoms with Gasteiger partial charge in [-0.25, -0.2) is 0 Å². The Morgan fingerprint density at radius 3 is 1.25 bits per heavy atom. The average Bonchev–Trinajstić information content (AvgIpc) is 1.00. The third kappa shape index (κ3) is 9.25. The van der Waals surface area contributed by atoms with Gasteiger partial charge in [-0.1, -0.05) is 0 Å². The summed E-state index contributed by atoms with van der Waals surface area (Å²) < 4.78 is 8.06. The molecule has 0 saturated heterocycles.